The standard InChI is InChI=1S/C24H27N3/c1-18-9-11-19(12-10-18)21-17-23(13-14-23)24(26(2)15-16-27(24)3)22(25-21)20-7-5-4-6-8-20/h4-12,17H,13-16H2,1-3H3. The largest absolute Gasteiger partial charge is 0.281 e. The van der Waals surface area contributed by atoms with Crippen molar-refractivity contribution in [1.82, 2.24) is 9.80 Å². The van der Waals surface area contributed by atoms with E-state index < -0.39 is 0 Å². The number of fused-ring (bicyclic) bond motifs is 1. The number of benzene rings is 2. The Morgan fingerprint density at radius 3 is 2.04 bits per heavy atom. The fourth-order valence-electron chi connectivity index (χ4n) is 5.23. The fraction of sp³-hybridized carbons (Fsp3) is 0.375. The van der Waals surface area contributed by atoms with Gasteiger partial charge in [0.05, 0.1) is 11.4 Å². The van der Waals surface area contributed by atoms with Gasteiger partial charge in [0.1, 0.15) is 5.66 Å². The molecule has 0 aromatic heterocycles. The van der Waals surface area contributed by atoms with Crippen molar-refractivity contribution in [3.8, 4) is 0 Å². The van der Waals surface area contributed by atoms with Gasteiger partial charge in [0, 0.05) is 18.5 Å². The number of nitrogens with zero attached hydrogens (tertiary/aromatic N) is 3. The zero-order valence-corrected chi connectivity index (χ0v) is 16.4. The Morgan fingerprint density at radius 1 is 0.815 bits per heavy atom. The summed E-state index contributed by atoms with van der Waals surface area (Å²) in [6.07, 6.45) is 4.92. The first-order valence-corrected chi connectivity index (χ1v) is 9.94. The monoisotopic (exact) mass is 357 g/mol. The summed E-state index contributed by atoms with van der Waals surface area (Å²) in [6.45, 7) is 4.30. The highest BCUT2D eigenvalue weighted by molar-refractivity contribution is 6.12. The second-order valence-corrected chi connectivity index (χ2v) is 8.39. The molecule has 0 unspecified atom stereocenters. The molecule has 1 saturated carbocycles. The molecule has 2 aliphatic heterocycles. The molecule has 27 heavy (non-hydrogen) atoms. The average Bonchev–Trinajstić information content (AvgIpc) is 3.40. The molecule has 3 nitrogen and oxygen atoms in total. The van der Waals surface area contributed by atoms with E-state index in [-0.39, 0.29) is 11.1 Å². The molecule has 3 aliphatic rings. The van der Waals surface area contributed by atoms with Gasteiger partial charge in [-0.2, -0.15) is 0 Å². The van der Waals surface area contributed by atoms with Gasteiger partial charge in [-0.05, 0) is 51.1 Å². The van der Waals surface area contributed by atoms with Crippen LogP contribution in [0.3, 0.4) is 0 Å². The van der Waals surface area contributed by atoms with Gasteiger partial charge < -0.3 is 0 Å². The van der Waals surface area contributed by atoms with Crippen LogP contribution in [0.4, 0.5) is 0 Å². The molecule has 138 valence electrons. The van der Waals surface area contributed by atoms with Crippen LogP contribution in [-0.2, 0) is 0 Å². The average molecular weight is 358 g/mol. The minimum absolute atomic E-state index is 0.136. The zero-order valence-electron chi connectivity index (χ0n) is 16.4. The molecule has 2 fully saturated rings. The van der Waals surface area contributed by atoms with Crippen LogP contribution in [0.5, 0.6) is 0 Å². The molecule has 0 amide bonds. The van der Waals surface area contributed by atoms with E-state index >= 15 is 0 Å². The molecular weight excluding hydrogens is 330 g/mol. The van der Waals surface area contributed by atoms with Crippen molar-refractivity contribution in [2.24, 2.45) is 10.4 Å². The Balaban J connectivity index is 1.73. The van der Waals surface area contributed by atoms with Gasteiger partial charge in [-0.1, -0.05) is 60.2 Å². The first-order chi connectivity index (χ1) is 13.1. The lowest BCUT2D eigenvalue weighted by atomic mass is 9.77. The Morgan fingerprint density at radius 2 is 1.44 bits per heavy atom. The van der Waals surface area contributed by atoms with Gasteiger partial charge in [-0.15, -0.1) is 0 Å². The maximum atomic E-state index is 5.32. The Bertz CT molecular complexity index is 910. The third-order valence-electron chi connectivity index (χ3n) is 6.73. The van der Waals surface area contributed by atoms with Crippen LogP contribution in [0.2, 0.25) is 0 Å². The number of hydrogen-bond donors (Lipinski definition) is 0. The maximum Gasteiger partial charge on any atom is 0.127 e. The highest BCUT2D eigenvalue weighted by Gasteiger charge is 2.67. The van der Waals surface area contributed by atoms with Crippen molar-refractivity contribution in [2.45, 2.75) is 25.4 Å². The molecule has 0 N–H and O–H groups in total. The normalized spacial score (nSPS) is 23.5. The van der Waals surface area contributed by atoms with E-state index in [1.807, 2.05) is 0 Å². The Kier molecular flexibility index (Phi) is 3.68. The number of hydrogen-bond acceptors (Lipinski definition) is 3. The van der Waals surface area contributed by atoms with E-state index in [2.05, 4.69) is 91.5 Å². The van der Waals surface area contributed by atoms with Gasteiger partial charge >= 0.3 is 0 Å². The molecule has 2 spiro atoms. The van der Waals surface area contributed by atoms with Crippen LogP contribution in [0.15, 0.2) is 65.7 Å². The number of likely N-dealkylation sites (N-methyl/N-ethyl adjacent to an activating group) is 2. The van der Waals surface area contributed by atoms with Gasteiger partial charge in [0.25, 0.3) is 0 Å². The number of aliphatic imine (C=N–C) groups is 1. The van der Waals surface area contributed by atoms with E-state index in [9.17, 15) is 0 Å². The second-order valence-electron chi connectivity index (χ2n) is 8.39. The van der Waals surface area contributed by atoms with E-state index in [4.69, 9.17) is 4.99 Å². The minimum Gasteiger partial charge on any atom is -0.281 e. The van der Waals surface area contributed by atoms with Gasteiger partial charge in [0.2, 0.25) is 0 Å². The summed E-state index contributed by atoms with van der Waals surface area (Å²) >= 11 is 0. The van der Waals surface area contributed by atoms with Gasteiger partial charge in [-0.3, -0.25) is 9.80 Å². The Hall–Kier alpha value is -2.23. The fourth-order valence-corrected chi connectivity index (χ4v) is 5.23. The first kappa shape index (κ1) is 16.9. The van der Waals surface area contributed by atoms with Crippen LogP contribution in [0.25, 0.3) is 5.70 Å². The molecule has 0 radical (unpaired) electrons. The topological polar surface area (TPSA) is 18.8 Å². The SMILES string of the molecule is Cc1ccc(C2=CC3(CC3)C3(C(c4ccccc4)=N2)N(C)CCN3C)cc1. The number of aryl methyl sites for hydroxylation is 1. The molecule has 0 bridgehead atoms. The van der Waals surface area contributed by atoms with Crippen molar-refractivity contribution in [3.63, 3.8) is 0 Å². The zero-order chi connectivity index (χ0) is 18.6. The number of rotatable bonds is 2. The Labute approximate surface area is 162 Å². The van der Waals surface area contributed by atoms with Crippen molar-refractivity contribution in [2.75, 3.05) is 27.2 Å². The van der Waals surface area contributed by atoms with E-state index in [1.165, 1.54) is 35.2 Å². The molecule has 5 rings (SSSR count). The summed E-state index contributed by atoms with van der Waals surface area (Å²) in [6, 6.07) is 19.6. The lowest BCUT2D eigenvalue weighted by Gasteiger charge is -2.49. The van der Waals surface area contributed by atoms with Crippen molar-refractivity contribution in [1.29, 1.82) is 0 Å². The molecule has 2 aromatic carbocycles. The highest BCUT2D eigenvalue weighted by atomic mass is 15.5. The molecular formula is C24H27N3. The van der Waals surface area contributed by atoms with Gasteiger partial charge in [0.15, 0.2) is 0 Å². The molecule has 0 atom stereocenters. The van der Waals surface area contributed by atoms with Crippen LogP contribution in [-0.4, -0.2) is 48.4 Å². The van der Waals surface area contributed by atoms with Crippen LogP contribution in [0, 0.1) is 12.3 Å². The molecule has 1 aliphatic carbocycles. The summed E-state index contributed by atoms with van der Waals surface area (Å²) in [7, 11) is 4.54. The second kappa shape index (κ2) is 5.88. The molecule has 2 heterocycles. The third kappa shape index (κ3) is 2.31. The molecule has 3 heteroatoms. The minimum atomic E-state index is -0.136. The lowest BCUT2D eigenvalue weighted by Crippen LogP contribution is -2.64. The summed E-state index contributed by atoms with van der Waals surface area (Å²) in [5.74, 6) is 0. The van der Waals surface area contributed by atoms with E-state index in [0.717, 1.165) is 18.8 Å². The van der Waals surface area contributed by atoms with E-state index in [1.54, 1.807) is 0 Å². The summed E-state index contributed by atoms with van der Waals surface area (Å²) in [5, 5.41) is 0. The van der Waals surface area contributed by atoms with Crippen LogP contribution in [0.1, 0.15) is 29.5 Å². The highest BCUT2D eigenvalue weighted by Crippen LogP contribution is 2.63. The molecule has 2 aromatic rings. The van der Waals surface area contributed by atoms with Crippen molar-refractivity contribution in [3.05, 3.63) is 77.4 Å². The van der Waals surface area contributed by atoms with Gasteiger partial charge in [-0.25, -0.2) is 4.99 Å². The predicted octanol–water partition coefficient (Wildman–Crippen LogP) is 4.19. The van der Waals surface area contributed by atoms with Crippen LogP contribution < -0.4 is 0 Å². The summed E-state index contributed by atoms with van der Waals surface area (Å²) < 4.78 is 0. The van der Waals surface area contributed by atoms with E-state index in [0.29, 0.717) is 0 Å². The van der Waals surface area contributed by atoms with Crippen molar-refractivity contribution < 1.29 is 0 Å². The van der Waals surface area contributed by atoms with Crippen molar-refractivity contribution >= 4 is 11.4 Å². The smallest absolute Gasteiger partial charge is 0.127 e. The first-order valence-electron chi connectivity index (χ1n) is 9.94. The third-order valence-corrected chi connectivity index (χ3v) is 6.73. The quantitative estimate of drug-likeness (QED) is 0.802. The lowest BCUT2D eigenvalue weighted by molar-refractivity contribution is 0.0632. The maximum absolute atomic E-state index is 5.32. The molecule has 1 saturated heterocycles. The summed E-state index contributed by atoms with van der Waals surface area (Å²) in [4.78, 5) is 10.4. The predicted molar refractivity (Wildman–Crippen MR) is 112 cm³/mol. The van der Waals surface area contributed by atoms with Crippen LogP contribution >= 0.6 is 0 Å². The summed E-state index contributed by atoms with van der Waals surface area (Å²) in [5.41, 5.74) is 6.10.